The van der Waals surface area contributed by atoms with E-state index in [4.69, 9.17) is 5.11 Å². The van der Waals surface area contributed by atoms with Gasteiger partial charge in [0.25, 0.3) is 0 Å². The van der Waals surface area contributed by atoms with Gasteiger partial charge in [-0.05, 0) is 13.3 Å². The van der Waals surface area contributed by atoms with Crippen LogP contribution in [0.4, 0.5) is 0 Å². The van der Waals surface area contributed by atoms with Gasteiger partial charge in [0.2, 0.25) is 0 Å². The summed E-state index contributed by atoms with van der Waals surface area (Å²) in [4.78, 5) is 9.66. The van der Waals surface area contributed by atoms with Crippen molar-refractivity contribution in [2.75, 3.05) is 20.4 Å². The number of hydrogen-bond acceptors (Lipinski definition) is 3. The van der Waals surface area contributed by atoms with Gasteiger partial charge in [-0.25, -0.2) is 0 Å². The Bertz CT molecular complexity index is 61.9. The van der Waals surface area contributed by atoms with E-state index >= 15 is 0 Å². The fraction of sp³-hybridized carbons (Fsp3) is 1.00. The van der Waals surface area contributed by atoms with Crippen molar-refractivity contribution >= 4 is 7.37 Å². The van der Waals surface area contributed by atoms with Gasteiger partial charge in [0.1, 0.15) is 0 Å². The normalized spacial score (nSPS) is 7.22. The minimum atomic E-state index is -2.89. The zero-order chi connectivity index (χ0) is 6.50. The van der Waals surface area contributed by atoms with Crippen LogP contribution >= 0.6 is 7.37 Å². The molecule has 0 spiro atoms. The zero-order valence-electron chi connectivity index (χ0n) is 5.29. The van der Waals surface area contributed by atoms with Gasteiger partial charge >= 0.3 is 0 Å². The molecule has 0 bridgehead atoms. The molecule has 0 saturated heterocycles. The summed E-state index contributed by atoms with van der Waals surface area (Å²) in [6.07, 6.45) is 0. The van der Waals surface area contributed by atoms with Gasteiger partial charge in [0, 0.05) is 58.5 Å². The molecule has 5 heteroatoms. The molecule has 57 valence electrons. The molecule has 0 rings (SSSR count). The molecule has 0 amide bonds. The summed E-state index contributed by atoms with van der Waals surface area (Å²) in [5.41, 5.74) is 0. The number of rotatable bonds is 0. The van der Waals surface area contributed by atoms with Crippen LogP contribution in [0.3, 0.4) is 0 Å². The molecule has 0 aromatic heterocycles. The fourth-order valence-electron chi connectivity index (χ4n) is 0. The Morgan fingerprint density at radius 2 is 1.33 bits per heavy atom. The summed E-state index contributed by atoms with van der Waals surface area (Å²) in [7, 11) is -1.89. The maximum absolute atomic E-state index is 9.66. The predicted molar refractivity (Wildman–Crippen MR) is 34.3 cm³/mol. The molecule has 1 N–H and O–H groups in total. The van der Waals surface area contributed by atoms with E-state index in [1.807, 2.05) is 0 Å². The van der Waals surface area contributed by atoms with E-state index in [1.165, 1.54) is 13.3 Å². The largest absolute Gasteiger partial charge is 0.800 e. The average molecular weight is 368 g/mol. The number of aliphatic hydroxyl groups is 1. The quantitative estimate of drug-likeness (QED) is 0.619. The van der Waals surface area contributed by atoms with Crippen LogP contribution in [0.2, 0.25) is 0 Å². The molecule has 0 atom stereocenters. The first kappa shape index (κ1) is 22.4. The first-order valence-electron chi connectivity index (χ1n) is 1.71. The molecule has 0 aliphatic carbocycles. The van der Waals surface area contributed by atoms with Gasteiger partial charge in [-0.3, -0.25) is 0 Å². The summed E-state index contributed by atoms with van der Waals surface area (Å²) in [5, 5.41) is 7.00. The van der Waals surface area contributed by atoms with Crippen molar-refractivity contribution in [3.8, 4) is 0 Å². The second-order valence-corrected chi connectivity index (χ2v) is 3.76. The molecule has 0 aliphatic rings. The minimum absolute atomic E-state index is 0. The van der Waals surface area contributed by atoms with Gasteiger partial charge in [-0.2, -0.15) is 0 Å². The Morgan fingerprint density at radius 3 is 1.33 bits per heavy atom. The standard InChI is InChI=1S/C2H7O2P.CH4O.CH4.Ac/c1-5(2,3)4;1-2;;/h1-2H3,(H,3,4);2H,1H3;1H4;/p-1. The van der Waals surface area contributed by atoms with Crippen LogP contribution in [0.5, 0.6) is 0 Å². The van der Waals surface area contributed by atoms with Crippen LogP contribution in [0.25, 0.3) is 0 Å². The molecule has 0 aliphatic heterocycles. The van der Waals surface area contributed by atoms with E-state index in [2.05, 4.69) is 0 Å². The van der Waals surface area contributed by atoms with Crippen LogP contribution < -0.4 is 4.89 Å². The molecular weight excluding hydrogens is 354 g/mol. The topological polar surface area (TPSA) is 60.4 Å². The Hall–Kier alpha value is 1.59. The number of hydrogen-bond donors (Lipinski definition) is 1. The second kappa shape index (κ2) is 12.3. The monoisotopic (exact) mass is 368 g/mol. The van der Waals surface area contributed by atoms with Crippen molar-refractivity contribution in [2.45, 2.75) is 7.43 Å². The van der Waals surface area contributed by atoms with Crippen LogP contribution in [0, 0.1) is 44.1 Å². The van der Waals surface area contributed by atoms with Crippen molar-refractivity contribution < 1.29 is 58.6 Å². The third-order valence-electron chi connectivity index (χ3n) is 0. The summed E-state index contributed by atoms with van der Waals surface area (Å²) >= 11 is 0. The maximum Gasteiger partial charge on any atom is 0.0319 e. The second-order valence-electron chi connectivity index (χ2n) is 1.25. The van der Waals surface area contributed by atoms with Crippen molar-refractivity contribution in [2.24, 2.45) is 0 Å². The maximum atomic E-state index is 9.66. The van der Waals surface area contributed by atoms with Crippen molar-refractivity contribution in [3.63, 3.8) is 0 Å². The predicted octanol–water partition coefficient (Wildman–Crippen LogP) is 0.129. The number of aliphatic hydroxyl groups excluding tert-OH is 1. The van der Waals surface area contributed by atoms with E-state index < -0.39 is 7.37 Å². The van der Waals surface area contributed by atoms with E-state index in [0.717, 1.165) is 7.11 Å². The third kappa shape index (κ3) is 218. The Balaban J connectivity index is -0.0000000286. The van der Waals surface area contributed by atoms with E-state index in [1.54, 1.807) is 0 Å². The Kier molecular flexibility index (Phi) is 30.6. The average Bonchev–Trinajstić information content (AvgIpc) is 1.36. The molecular formula is C4H14AcO3P-. The molecule has 1 radical (unpaired) electrons. The molecule has 0 heterocycles. The van der Waals surface area contributed by atoms with Crippen LogP contribution in [0.15, 0.2) is 0 Å². The molecule has 9 heavy (non-hydrogen) atoms. The fourth-order valence-corrected chi connectivity index (χ4v) is 0. The van der Waals surface area contributed by atoms with Crippen LogP contribution in [-0.4, -0.2) is 25.5 Å². The minimum Gasteiger partial charge on any atom is -0.800 e. The van der Waals surface area contributed by atoms with Gasteiger partial charge in [0.05, 0.1) is 0 Å². The zero-order valence-corrected chi connectivity index (χ0v) is 10.9. The summed E-state index contributed by atoms with van der Waals surface area (Å²) in [6.45, 7) is 2.38. The van der Waals surface area contributed by atoms with Crippen molar-refractivity contribution in [1.82, 2.24) is 0 Å². The molecule has 0 saturated carbocycles. The van der Waals surface area contributed by atoms with Gasteiger partial charge < -0.3 is 14.6 Å². The van der Waals surface area contributed by atoms with Crippen LogP contribution in [-0.2, 0) is 4.57 Å². The SMILES string of the molecule is C.CO.CP(C)(=O)[O-].[Ac]. The molecule has 0 unspecified atom stereocenters. The first-order chi connectivity index (χ1) is 3.00. The Morgan fingerprint density at radius 1 is 1.33 bits per heavy atom. The van der Waals surface area contributed by atoms with E-state index in [9.17, 15) is 9.46 Å². The molecule has 0 aromatic carbocycles. The van der Waals surface area contributed by atoms with Gasteiger partial charge in [-0.1, -0.05) is 7.43 Å². The molecule has 3 nitrogen and oxygen atoms in total. The molecule has 0 fully saturated rings. The Labute approximate surface area is 92.9 Å². The first-order valence-corrected chi connectivity index (χ1v) is 4.23. The van der Waals surface area contributed by atoms with Crippen molar-refractivity contribution in [1.29, 1.82) is 0 Å². The summed E-state index contributed by atoms with van der Waals surface area (Å²) in [6, 6.07) is 0. The van der Waals surface area contributed by atoms with E-state index in [-0.39, 0.29) is 51.5 Å². The van der Waals surface area contributed by atoms with Gasteiger partial charge in [-0.15, -0.1) is 0 Å². The third-order valence-corrected chi connectivity index (χ3v) is 0. The van der Waals surface area contributed by atoms with Gasteiger partial charge in [0.15, 0.2) is 0 Å². The van der Waals surface area contributed by atoms with Crippen molar-refractivity contribution in [3.05, 3.63) is 0 Å². The summed E-state index contributed by atoms with van der Waals surface area (Å²) < 4.78 is 9.66. The smallest absolute Gasteiger partial charge is 0.0319 e. The molecule has 0 aromatic rings. The van der Waals surface area contributed by atoms with Crippen LogP contribution in [0.1, 0.15) is 7.43 Å². The van der Waals surface area contributed by atoms with E-state index in [0.29, 0.717) is 0 Å². The summed E-state index contributed by atoms with van der Waals surface area (Å²) in [5.74, 6) is 0.